The minimum absolute atomic E-state index is 0.0578. The van der Waals surface area contributed by atoms with Gasteiger partial charge in [-0.3, -0.25) is 14.5 Å². The summed E-state index contributed by atoms with van der Waals surface area (Å²) < 4.78 is 4.67. The fourth-order valence-electron chi connectivity index (χ4n) is 2.68. The van der Waals surface area contributed by atoms with Gasteiger partial charge in [-0.1, -0.05) is 0 Å². The lowest BCUT2D eigenvalue weighted by Gasteiger charge is -2.34. The Balaban J connectivity index is 2.22. The molecular formula is C10H15NO3. The van der Waals surface area contributed by atoms with Crippen LogP contribution in [0.1, 0.15) is 19.3 Å². The number of nitrogens with zero attached hydrogens (tertiary/aromatic N) is 1. The molecule has 0 aromatic carbocycles. The molecule has 4 heteroatoms. The zero-order chi connectivity index (χ0) is 10.3. The van der Waals surface area contributed by atoms with Crippen LogP contribution in [0.5, 0.6) is 0 Å². The Hall–Kier alpha value is -0.900. The largest absolute Gasteiger partial charge is 0.468 e. The van der Waals surface area contributed by atoms with Crippen LogP contribution >= 0.6 is 0 Å². The second kappa shape index (κ2) is 3.35. The second-order valence-corrected chi connectivity index (χ2v) is 4.14. The maximum Gasteiger partial charge on any atom is 0.317 e. The second-order valence-electron chi connectivity index (χ2n) is 4.14. The van der Waals surface area contributed by atoms with Crippen LogP contribution in [0.2, 0.25) is 0 Å². The van der Waals surface area contributed by atoms with E-state index in [2.05, 4.69) is 9.64 Å². The van der Waals surface area contributed by atoms with E-state index in [9.17, 15) is 9.59 Å². The van der Waals surface area contributed by atoms with Gasteiger partial charge in [0.15, 0.2) is 0 Å². The Morgan fingerprint density at radius 3 is 2.86 bits per heavy atom. The van der Waals surface area contributed by atoms with E-state index in [0.29, 0.717) is 12.5 Å². The number of methoxy groups -OCH3 is 1. The van der Waals surface area contributed by atoms with E-state index in [-0.39, 0.29) is 17.8 Å². The van der Waals surface area contributed by atoms with Crippen molar-refractivity contribution in [2.45, 2.75) is 31.3 Å². The highest BCUT2D eigenvalue weighted by Gasteiger charge is 2.48. The number of fused-ring (bicyclic) bond motifs is 2. The molecule has 0 aromatic heterocycles. The van der Waals surface area contributed by atoms with Gasteiger partial charge in [-0.2, -0.15) is 0 Å². The summed E-state index contributed by atoms with van der Waals surface area (Å²) in [5, 5.41) is 0. The first kappa shape index (κ1) is 9.65. The summed E-state index contributed by atoms with van der Waals surface area (Å²) in [6.45, 7) is 0. The molecule has 2 aliphatic heterocycles. The van der Waals surface area contributed by atoms with Crippen molar-refractivity contribution in [3.8, 4) is 0 Å². The highest BCUT2D eigenvalue weighted by Crippen LogP contribution is 2.36. The smallest absolute Gasteiger partial charge is 0.317 e. The van der Waals surface area contributed by atoms with Crippen LogP contribution in [0.3, 0.4) is 0 Å². The zero-order valence-electron chi connectivity index (χ0n) is 8.53. The lowest BCUT2D eigenvalue weighted by atomic mass is 9.89. The number of ketones is 1. The molecule has 0 aliphatic carbocycles. The quantitative estimate of drug-likeness (QED) is 0.445. The van der Waals surface area contributed by atoms with Gasteiger partial charge in [0.1, 0.15) is 11.7 Å². The van der Waals surface area contributed by atoms with Gasteiger partial charge in [-0.05, 0) is 19.9 Å². The third-order valence-corrected chi connectivity index (χ3v) is 3.52. The molecule has 0 saturated carbocycles. The Labute approximate surface area is 83.2 Å². The number of hydrogen-bond acceptors (Lipinski definition) is 4. The maximum atomic E-state index is 11.7. The number of piperidine rings is 1. The van der Waals surface area contributed by atoms with Crippen LogP contribution in [-0.4, -0.2) is 42.9 Å². The van der Waals surface area contributed by atoms with E-state index in [0.717, 1.165) is 12.8 Å². The summed E-state index contributed by atoms with van der Waals surface area (Å²) >= 11 is 0. The molecule has 14 heavy (non-hydrogen) atoms. The molecule has 2 fully saturated rings. The third kappa shape index (κ3) is 1.25. The van der Waals surface area contributed by atoms with Crippen molar-refractivity contribution < 1.29 is 14.3 Å². The summed E-state index contributed by atoms with van der Waals surface area (Å²) in [5.41, 5.74) is 0. The van der Waals surface area contributed by atoms with Crippen molar-refractivity contribution in [2.75, 3.05) is 14.2 Å². The van der Waals surface area contributed by atoms with Crippen LogP contribution in [0.15, 0.2) is 0 Å². The van der Waals surface area contributed by atoms with Crippen molar-refractivity contribution >= 4 is 11.8 Å². The standard InChI is InChI=1S/C10H15NO3/c1-11-6-3-4-7(11)9(8(12)5-6)10(13)14-2/h6-7,9H,3-5H2,1-2H3/t6-,7-,9?/m0/s1. The molecule has 0 spiro atoms. The molecule has 0 aromatic rings. The highest BCUT2D eigenvalue weighted by atomic mass is 16.5. The minimum Gasteiger partial charge on any atom is -0.468 e. The molecule has 2 aliphatic rings. The number of Topliss-reactive ketones (excluding diaryl/α,β-unsaturated/α-hetero) is 1. The molecule has 4 nitrogen and oxygen atoms in total. The highest BCUT2D eigenvalue weighted by molar-refractivity contribution is 6.00. The molecule has 3 atom stereocenters. The molecule has 2 heterocycles. The SMILES string of the molecule is COC(=O)C1C(=O)C[C@@H]2CC[C@@H]1N2C. The van der Waals surface area contributed by atoms with Crippen molar-refractivity contribution in [3.05, 3.63) is 0 Å². The molecule has 2 bridgehead atoms. The van der Waals surface area contributed by atoms with Crippen LogP contribution in [-0.2, 0) is 14.3 Å². The maximum absolute atomic E-state index is 11.7. The first-order valence-electron chi connectivity index (χ1n) is 4.97. The summed E-state index contributed by atoms with van der Waals surface area (Å²) in [5.74, 6) is -0.849. The summed E-state index contributed by atoms with van der Waals surface area (Å²) in [7, 11) is 3.33. The van der Waals surface area contributed by atoms with E-state index in [1.54, 1.807) is 0 Å². The Bertz CT molecular complexity index is 277. The Kier molecular flexibility index (Phi) is 2.31. The minimum atomic E-state index is -0.538. The van der Waals surface area contributed by atoms with E-state index >= 15 is 0 Å². The summed E-state index contributed by atoms with van der Waals surface area (Å²) in [6.07, 6.45) is 2.47. The monoisotopic (exact) mass is 197 g/mol. The molecule has 2 rings (SSSR count). The number of carbonyl (C=O) groups excluding carboxylic acids is 2. The first-order valence-corrected chi connectivity index (χ1v) is 4.97. The van der Waals surface area contributed by atoms with E-state index < -0.39 is 5.92 Å². The molecule has 2 saturated heterocycles. The van der Waals surface area contributed by atoms with Gasteiger partial charge in [0.05, 0.1) is 7.11 Å². The predicted molar refractivity (Wildman–Crippen MR) is 49.7 cm³/mol. The normalized spacial score (nSPS) is 37.3. The first-order chi connectivity index (χ1) is 6.65. The van der Waals surface area contributed by atoms with Crippen LogP contribution in [0, 0.1) is 5.92 Å². The van der Waals surface area contributed by atoms with Gasteiger partial charge in [-0.15, -0.1) is 0 Å². The average Bonchev–Trinajstić information content (AvgIpc) is 2.42. The van der Waals surface area contributed by atoms with E-state index in [1.165, 1.54) is 7.11 Å². The Morgan fingerprint density at radius 2 is 2.21 bits per heavy atom. The van der Waals surface area contributed by atoms with Crippen LogP contribution < -0.4 is 0 Å². The predicted octanol–water partition coefficient (Wildman–Crippen LogP) is 0.211. The van der Waals surface area contributed by atoms with Crippen LogP contribution in [0.4, 0.5) is 0 Å². The molecular weight excluding hydrogens is 182 g/mol. The van der Waals surface area contributed by atoms with Gasteiger partial charge in [0.25, 0.3) is 0 Å². The average molecular weight is 197 g/mol. The molecule has 0 amide bonds. The topological polar surface area (TPSA) is 46.6 Å². The Morgan fingerprint density at radius 1 is 1.50 bits per heavy atom. The lowest BCUT2D eigenvalue weighted by Crippen LogP contribution is -2.50. The summed E-state index contributed by atoms with van der Waals surface area (Å²) in [6, 6.07) is 0.433. The van der Waals surface area contributed by atoms with Crippen molar-refractivity contribution in [1.29, 1.82) is 0 Å². The fraction of sp³-hybridized carbons (Fsp3) is 0.800. The number of carbonyl (C=O) groups is 2. The van der Waals surface area contributed by atoms with Crippen molar-refractivity contribution in [3.63, 3.8) is 0 Å². The van der Waals surface area contributed by atoms with E-state index in [1.807, 2.05) is 7.05 Å². The van der Waals surface area contributed by atoms with Crippen LogP contribution in [0.25, 0.3) is 0 Å². The third-order valence-electron chi connectivity index (χ3n) is 3.52. The van der Waals surface area contributed by atoms with Gasteiger partial charge >= 0.3 is 5.97 Å². The molecule has 1 unspecified atom stereocenters. The fourth-order valence-corrected chi connectivity index (χ4v) is 2.68. The molecule has 0 radical (unpaired) electrons. The number of rotatable bonds is 1. The van der Waals surface area contributed by atoms with Crippen molar-refractivity contribution in [1.82, 2.24) is 4.90 Å². The van der Waals surface area contributed by atoms with Crippen molar-refractivity contribution in [2.24, 2.45) is 5.92 Å². The number of hydrogen-bond donors (Lipinski definition) is 0. The van der Waals surface area contributed by atoms with Gasteiger partial charge in [0, 0.05) is 18.5 Å². The molecule has 0 N–H and O–H groups in total. The number of ether oxygens (including phenoxy) is 1. The van der Waals surface area contributed by atoms with E-state index in [4.69, 9.17) is 0 Å². The number of esters is 1. The van der Waals surface area contributed by atoms with Gasteiger partial charge in [-0.25, -0.2) is 0 Å². The lowest BCUT2D eigenvalue weighted by molar-refractivity contribution is -0.154. The van der Waals surface area contributed by atoms with Gasteiger partial charge < -0.3 is 4.74 Å². The summed E-state index contributed by atoms with van der Waals surface area (Å²) in [4.78, 5) is 25.3. The molecule has 78 valence electrons. The van der Waals surface area contributed by atoms with Gasteiger partial charge in [0.2, 0.25) is 0 Å². The zero-order valence-corrected chi connectivity index (χ0v) is 8.53.